The lowest BCUT2D eigenvalue weighted by Gasteiger charge is -2.22. The summed E-state index contributed by atoms with van der Waals surface area (Å²) in [7, 11) is 2.06. The Morgan fingerprint density at radius 1 is 1.14 bits per heavy atom. The predicted octanol–water partition coefficient (Wildman–Crippen LogP) is 3.69. The number of aromatic nitrogens is 1. The molecule has 0 saturated carbocycles. The Labute approximate surface area is 127 Å². The highest BCUT2D eigenvalue weighted by atomic mass is 15.2. The Hall–Kier alpha value is -1.87. The molecule has 0 bridgehead atoms. The summed E-state index contributed by atoms with van der Waals surface area (Å²) in [6, 6.07) is 12.9. The number of nitrogens with zero attached hydrogens (tertiary/aromatic N) is 2. The van der Waals surface area contributed by atoms with Gasteiger partial charge in [0, 0.05) is 25.0 Å². The van der Waals surface area contributed by atoms with Crippen molar-refractivity contribution in [3.8, 4) is 0 Å². The van der Waals surface area contributed by atoms with E-state index in [2.05, 4.69) is 61.1 Å². The first-order chi connectivity index (χ1) is 10.2. The van der Waals surface area contributed by atoms with Crippen molar-refractivity contribution in [2.24, 2.45) is 5.73 Å². The largest absolute Gasteiger partial charge is 0.329 e. The molecule has 0 amide bonds. The molecule has 0 aliphatic heterocycles. The second-order valence-corrected chi connectivity index (χ2v) is 5.44. The van der Waals surface area contributed by atoms with E-state index in [0.717, 1.165) is 30.8 Å². The van der Waals surface area contributed by atoms with E-state index in [-0.39, 0.29) is 6.04 Å². The summed E-state index contributed by atoms with van der Waals surface area (Å²) in [5.41, 5.74) is 9.81. The molecule has 0 saturated heterocycles. The fourth-order valence-electron chi connectivity index (χ4n) is 2.40. The third kappa shape index (κ3) is 3.82. The first-order valence-corrected chi connectivity index (χ1v) is 7.67. The van der Waals surface area contributed by atoms with Crippen molar-refractivity contribution in [1.29, 1.82) is 0 Å². The van der Waals surface area contributed by atoms with Crippen LogP contribution in [0.15, 0.2) is 42.6 Å². The molecule has 2 rings (SSSR count). The fourth-order valence-corrected chi connectivity index (χ4v) is 2.40. The first kappa shape index (κ1) is 15.5. The lowest BCUT2D eigenvalue weighted by molar-refractivity contribution is 0.645. The lowest BCUT2D eigenvalue weighted by Crippen LogP contribution is -2.23. The second-order valence-electron chi connectivity index (χ2n) is 5.44. The lowest BCUT2D eigenvalue weighted by atomic mass is 10.0. The molecule has 1 unspecified atom stereocenters. The van der Waals surface area contributed by atoms with E-state index in [0.29, 0.717) is 0 Å². The van der Waals surface area contributed by atoms with E-state index in [1.54, 1.807) is 0 Å². The Bertz CT molecular complexity index is 563. The van der Waals surface area contributed by atoms with Gasteiger partial charge in [-0.05, 0) is 48.6 Å². The number of benzene rings is 1. The molecule has 0 fully saturated rings. The molecule has 0 aliphatic carbocycles. The molecule has 1 aromatic heterocycles. The van der Waals surface area contributed by atoms with E-state index < -0.39 is 0 Å². The fraction of sp³-hybridized carbons (Fsp3) is 0.389. The number of nitrogens with two attached hydrogens (primary N) is 1. The Balaban J connectivity index is 2.27. The third-order valence-corrected chi connectivity index (χ3v) is 3.92. The van der Waals surface area contributed by atoms with Crippen LogP contribution in [0.1, 0.15) is 31.4 Å². The molecule has 0 spiro atoms. The molecule has 0 radical (unpaired) electrons. The van der Waals surface area contributed by atoms with Crippen LogP contribution in [0.25, 0.3) is 0 Å². The van der Waals surface area contributed by atoms with Gasteiger partial charge in [0.1, 0.15) is 5.82 Å². The number of aryl methyl sites for hydroxylation is 1. The van der Waals surface area contributed by atoms with Crippen LogP contribution in [0, 0.1) is 0 Å². The van der Waals surface area contributed by atoms with Gasteiger partial charge in [-0.25, -0.2) is 4.98 Å². The Morgan fingerprint density at radius 2 is 1.86 bits per heavy atom. The van der Waals surface area contributed by atoms with Crippen molar-refractivity contribution in [2.45, 2.75) is 39.2 Å². The quantitative estimate of drug-likeness (QED) is 0.879. The topological polar surface area (TPSA) is 42.2 Å². The molecule has 2 aromatic rings. The van der Waals surface area contributed by atoms with Gasteiger partial charge in [0.15, 0.2) is 0 Å². The monoisotopic (exact) mass is 283 g/mol. The van der Waals surface area contributed by atoms with Gasteiger partial charge in [-0.2, -0.15) is 0 Å². The molecule has 2 N–H and O–H groups in total. The maximum Gasteiger partial charge on any atom is 0.135 e. The summed E-state index contributed by atoms with van der Waals surface area (Å²) in [6.07, 6.45) is 4.73. The standard InChI is InChI=1S/C18H25N3/c1-4-14-8-10-17(11-9-14)21(3)18-15(7-6-12-20-18)13-16(19)5-2/h6-12,16H,4-5,13,19H2,1-3H3. The van der Waals surface area contributed by atoms with Crippen molar-refractivity contribution in [3.05, 3.63) is 53.7 Å². The number of hydrogen-bond donors (Lipinski definition) is 1. The molecular weight excluding hydrogens is 258 g/mol. The summed E-state index contributed by atoms with van der Waals surface area (Å²) in [5.74, 6) is 0.991. The molecule has 112 valence electrons. The highest BCUT2D eigenvalue weighted by Crippen LogP contribution is 2.26. The molecule has 3 heteroatoms. The number of rotatable bonds is 6. The van der Waals surface area contributed by atoms with Crippen LogP contribution in [-0.4, -0.2) is 18.1 Å². The van der Waals surface area contributed by atoms with Crippen LogP contribution < -0.4 is 10.6 Å². The molecule has 21 heavy (non-hydrogen) atoms. The summed E-state index contributed by atoms with van der Waals surface area (Å²) in [6.45, 7) is 4.29. The van der Waals surface area contributed by atoms with Crippen LogP contribution in [0.4, 0.5) is 11.5 Å². The van der Waals surface area contributed by atoms with Crippen molar-refractivity contribution in [2.75, 3.05) is 11.9 Å². The number of anilines is 2. The first-order valence-electron chi connectivity index (χ1n) is 7.67. The second kappa shape index (κ2) is 7.23. The van der Waals surface area contributed by atoms with Crippen LogP contribution in [0.3, 0.4) is 0 Å². The average Bonchev–Trinajstić information content (AvgIpc) is 2.54. The molecule has 1 heterocycles. The van der Waals surface area contributed by atoms with Crippen molar-refractivity contribution in [3.63, 3.8) is 0 Å². The van der Waals surface area contributed by atoms with Gasteiger partial charge in [0.2, 0.25) is 0 Å². The van der Waals surface area contributed by atoms with E-state index in [4.69, 9.17) is 5.73 Å². The summed E-state index contributed by atoms with van der Waals surface area (Å²) in [4.78, 5) is 6.69. The summed E-state index contributed by atoms with van der Waals surface area (Å²) in [5, 5.41) is 0. The van der Waals surface area contributed by atoms with E-state index >= 15 is 0 Å². The smallest absolute Gasteiger partial charge is 0.135 e. The van der Waals surface area contributed by atoms with Crippen molar-refractivity contribution < 1.29 is 0 Å². The molecule has 1 atom stereocenters. The zero-order chi connectivity index (χ0) is 15.2. The molecule has 3 nitrogen and oxygen atoms in total. The number of hydrogen-bond acceptors (Lipinski definition) is 3. The van der Waals surface area contributed by atoms with E-state index in [9.17, 15) is 0 Å². The molecular formula is C18H25N3. The molecule has 0 aliphatic rings. The summed E-state index contributed by atoms with van der Waals surface area (Å²) < 4.78 is 0. The third-order valence-electron chi connectivity index (χ3n) is 3.92. The maximum absolute atomic E-state index is 6.10. The normalized spacial score (nSPS) is 12.2. The van der Waals surface area contributed by atoms with Crippen LogP contribution in [0.2, 0.25) is 0 Å². The zero-order valence-electron chi connectivity index (χ0n) is 13.2. The maximum atomic E-state index is 6.10. The van der Waals surface area contributed by atoms with Gasteiger partial charge >= 0.3 is 0 Å². The van der Waals surface area contributed by atoms with Crippen molar-refractivity contribution >= 4 is 11.5 Å². The highest BCUT2D eigenvalue weighted by Gasteiger charge is 2.12. The van der Waals surface area contributed by atoms with Gasteiger partial charge in [0.05, 0.1) is 0 Å². The predicted molar refractivity (Wildman–Crippen MR) is 90.1 cm³/mol. The van der Waals surface area contributed by atoms with E-state index in [1.165, 1.54) is 11.1 Å². The SMILES string of the molecule is CCc1ccc(N(C)c2ncccc2CC(N)CC)cc1. The van der Waals surface area contributed by atoms with Gasteiger partial charge in [-0.3, -0.25) is 0 Å². The van der Waals surface area contributed by atoms with Crippen LogP contribution in [-0.2, 0) is 12.8 Å². The minimum Gasteiger partial charge on any atom is -0.329 e. The van der Waals surface area contributed by atoms with E-state index in [1.807, 2.05) is 12.3 Å². The highest BCUT2D eigenvalue weighted by molar-refractivity contribution is 5.62. The van der Waals surface area contributed by atoms with Gasteiger partial charge in [-0.15, -0.1) is 0 Å². The van der Waals surface area contributed by atoms with Gasteiger partial charge < -0.3 is 10.6 Å². The van der Waals surface area contributed by atoms with Crippen molar-refractivity contribution in [1.82, 2.24) is 4.98 Å². The van der Waals surface area contributed by atoms with Crippen LogP contribution in [0.5, 0.6) is 0 Å². The Morgan fingerprint density at radius 3 is 2.48 bits per heavy atom. The van der Waals surface area contributed by atoms with Gasteiger partial charge in [0.25, 0.3) is 0 Å². The Kier molecular flexibility index (Phi) is 5.34. The van der Waals surface area contributed by atoms with Crippen LogP contribution >= 0.6 is 0 Å². The average molecular weight is 283 g/mol. The van der Waals surface area contributed by atoms with Gasteiger partial charge in [-0.1, -0.05) is 32.0 Å². The summed E-state index contributed by atoms with van der Waals surface area (Å²) >= 11 is 0. The zero-order valence-corrected chi connectivity index (χ0v) is 13.2. The molecule has 1 aromatic carbocycles. The number of pyridine rings is 1. The minimum absolute atomic E-state index is 0.184. The minimum atomic E-state index is 0.184.